The van der Waals surface area contributed by atoms with Crippen molar-refractivity contribution in [1.29, 1.82) is 0 Å². The van der Waals surface area contributed by atoms with Crippen molar-refractivity contribution in [2.75, 3.05) is 46.4 Å². The second kappa shape index (κ2) is 9.96. The molecule has 0 radical (unpaired) electrons. The summed E-state index contributed by atoms with van der Waals surface area (Å²) in [5, 5.41) is 0. The van der Waals surface area contributed by atoms with Gasteiger partial charge < -0.3 is 19.0 Å². The number of carbonyl (C=O) groups is 2. The molecule has 9 nitrogen and oxygen atoms in total. The third-order valence-electron chi connectivity index (χ3n) is 6.19. The van der Waals surface area contributed by atoms with Crippen molar-refractivity contribution in [1.82, 2.24) is 14.1 Å². The number of carbonyl (C=O) groups excluding carboxylic acids is 2. The van der Waals surface area contributed by atoms with Gasteiger partial charge in [0.15, 0.2) is 5.76 Å². The van der Waals surface area contributed by atoms with Gasteiger partial charge in [-0.3, -0.25) is 9.59 Å². The Labute approximate surface area is 193 Å². The fraction of sp³-hybridized carbons (Fsp3) is 0.478. The molecule has 0 saturated carbocycles. The van der Waals surface area contributed by atoms with E-state index in [0.717, 1.165) is 25.7 Å². The van der Waals surface area contributed by atoms with Crippen molar-refractivity contribution in [2.24, 2.45) is 0 Å². The molecule has 2 saturated heterocycles. The highest BCUT2D eigenvalue weighted by molar-refractivity contribution is 7.89. The van der Waals surface area contributed by atoms with Gasteiger partial charge in [-0.15, -0.1) is 0 Å². The summed E-state index contributed by atoms with van der Waals surface area (Å²) in [6, 6.07) is 7.72. The van der Waals surface area contributed by atoms with Crippen LogP contribution < -0.4 is 4.74 Å². The zero-order chi connectivity index (χ0) is 23.4. The maximum Gasteiger partial charge on any atom is 0.289 e. The maximum atomic E-state index is 13.3. The molecule has 10 heteroatoms. The fourth-order valence-electron chi connectivity index (χ4n) is 4.28. The Morgan fingerprint density at radius 3 is 2.09 bits per heavy atom. The Bertz CT molecular complexity index is 1080. The van der Waals surface area contributed by atoms with Gasteiger partial charge in [0, 0.05) is 39.3 Å². The second-order valence-corrected chi connectivity index (χ2v) is 10.2. The number of rotatable bonds is 5. The third kappa shape index (κ3) is 4.91. The highest BCUT2D eigenvalue weighted by Crippen LogP contribution is 2.27. The molecular weight excluding hydrogens is 446 g/mol. The molecule has 0 bridgehead atoms. The predicted octanol–water partition coefficient (Wildman–Crippen LogP) is 2.45. The first-order valence-corrected chi connectivity index (χ1v) is 12.7. The normalized spacial score (nSPS) is 18.1. The van der Waals surface area contributed by atoms with E-state index in [9.17, 15) is 18.0 Å². The quantitative estimate of drug-likeness (QED) is 0.659. The van der Waals surface area contributed by atoms with Crippen LogP contribution in [0.4, 0.5) is 0 Å². The molecule has 2 aliphatic heterocycles. The van der Waals surface area contributed by atoms with E-state index < -0.39 is 10.0 Å². The van der Waals surface area contributed by atoms with Gasteiger partial charge in [0.25, 0.3) is 11.8 Å². The predicted molar refractivity (Wildman–Crippen MR) is 121 cm³/mol. The van der Waals surface area contributed by atoms with E-state index in [1.54, 1.807) is 21.9 Å². The molecule has 0 atom stereocenters. The lowest BCUT2D eigenvalue weighted by Gasteiger charge is -2.34. The molecule has 4 rings (SSSR count). The number of sulfonamides is 1. The average Bonchev–Trinajstić information content (AvgIpc) is 3.24. The Kier molecular flexibility index (Phi) is 7.04. The standard InChI is InChI=1S/C23H29N3O6S/c1-31-20-9-8-18(33(29,30)26-10-4-2-3-5-11-26)17-19(20)22(27)24-12-14-25(15-13-24)23(28)21-7-6-16-32-21/h6-9,16-17H,2-5,10-15H2,1H3. The number of benzene rings is 1. The van der Waals surface area contributed by atoms with Crippen LogP contribution in [0.1, 0.15) is 46.6 Å². The fourth-order valence-corrected chi connectivity index (χ4v) is 5.83. The Morgan fingerprint density at radius 2 is 1.52 bits per heavy atom. The highest BCUT2D eigenvalue weighted by atomic mass is 32.2. The van der Waals surface area contributed by atoms with Crippen molar-refractivity contribution < 1.29 is 27.2 Å². The van der Waals surface area contributed by atoms with Gasteiger partial charge in [-0.25, -0.2) is 8.42 Å². The highest BCUT2D eigenvalue weighted by Gasteiger charge is 2.30. The van der Waals surface area contributed by atoms with Gasteiger partial charge >= 0.3 is 0 Å². The topological polar surface area (TPSA) is 100 Å². The molecule has 178 valence electrons. The van der Waals surface area contributed by atoms with Crippen LogP contribution in [0, 0.1) is 0 Å². The molecule has 0 N–H and O–H groups in total. The van der Waals surface area contributed by atoms with Crippen LogP contribution in [0.5, 0.6) is 5.75 Å². The number of amides is 2. The zero-order valence-corrected chi connectivity index (χ0v) is 19.6. The van der Waals surface area contributed by atoms with Crippen LogP contribution in [-0.2, 0) is 10.0 Å². The number of piperazine rings is 1. The summed E-state index contributed by atoms with van der Waals surface area (Å²) in [4.78, 5) is 29.1. The van der Waals surface area contributed by atoms with Crippen molar-refractivity contribution in [3.8, 4) is 5.75 Å². The minimum atomic E-state index is -3.70. The Balaban J connectivity index is 1.51. The molecule has 1 aromatic heterocycles. The Hall–Kier alpha value is -2.85. The van der Waals surface area contributed by atoms with E-state index in [1.165, 1.54) is 35.9 Å². The molecule has 3 heterocycles. The average molecular weight is 476 g/mol. The summed E-state index contributed by atoms with van der Waals surface area (Å²) in [6.07, 6.45) is 5.16. The van der Waals surface area contributed by atoms with Crippen molar-refractivity contribution >= 4 is 21.8 Å². The van der Waals surface area contributed by atoms with Crippen LogP contribution in [0.15, 0.2) is 45.9 Å². The number of hydrogen-bond donors (Lipinski definition) is 0. The lowest BCUT2D eigenvalue weighted by atomic mass is 10.1. The minimum absolute atomic E-state index is 0.0974. The summed E-state index contributed by atoms with van der Waals surface area (Å²) in [6.45, 7) is 2.36. The van der Waals surface area contributed by atoms with Gasteiger partial charge in [-0.2, -0.15) is 4.31 Å². The van der Waals surface area contributed by atoms with E-state index in [4.69, 9.17) is 9.15 Å². The SMILES string of the molecule is COc1ccc(S(=O)(=O)N2CCCCCC2)cc1C(=O)N1CCN(C(=O)c2ccco2)CC1. The van der Waals surface area contributed by atoms with Crippen LogP contribution in [-0.4, -0.2) is 80.7 Å². The number of ether oxygens (including phenoxy) is 1. The van der Waals surface area contributed by atoms with Crippen molar-refractivity contribution in [3.63, 3.8) is 0 Å². The van der Waals surface area contributed by atoms with E-state index in [-0.39, 0.29) is 28.0 Å². The summed E-state index contributed by atoms with van der Waals surface area (Å²) >= 11 is 0. The largest absolute Gasteiger partial charge is 0.496 e. The zero-order valence-electron chi connectivity index (χ0n) is 18.7. The van der Waals surface area contributed by atoms with E-state index >= 15 is 0 Å². The van der Waals surface area contributed by atoms with Crippen molar-refractivity contribution in [3.05, 3.63) is 47.9 Å². The number of hydrogen-bond acceptors (Lipinski definition) is 6. The molecule has 0 spiro atoms. The number of furan rings is 1. The number of methoxy groups -OCH3 is 1. The van der Waals surface area contributed by atoms with Crippen LogP contribution in [0.25, 0.3) is 0 Å². The Morgan fingerprint density at radius 1 is 0.879 bits per heavy atom. The van der Waals surface area contributed by atoms with Crippen molar-refractivity contribution in [2.45, 2.75) is 30.6 Å². The summed E-state index contributed by atoms with van der Waals surface area (Å²) < 4.78 is 38.5. The maximum absolute atomic E-state index is 13.3. The van der Waals surface area contributed by atoms with E-state index in [0.29, 0.717) is 45.0 Å². The first-order valence-electron chi connectivity index (χ1n) is 11.2. The third-order valence-corrected chi connectivity index (χ3v) is 8.08. The van der Waals surface area contributed by atoms with Gasteiger partial charge in [0.2, 0.25) is 10.0 Å². The van der Waals surface area contributed by atoms with Gasteiger partial charge in [0.1, 0.15) is 5.75 Å². The van der Waals surface area contributed by atoms with Gasteiger partial charge in [-0.1, -0.05) is 12.8 Å². The lowest BCUT2D eigenvalue weighted by molar-refractivity contribution is 0.0516. The van der Waals surface area contributed by atoms with Gasteiger partial charge in [0.05, 0.1) is 23.8 Å². The molecule has 2 amide bonds. The smallest absolute Gasteiger partial charge is 0.289 e. The molecule has 1 aromatic carbocycles. The van der Waals surface area contributed by atoms with E-state index in [2.05, 4.69) is 0 Å². The first-order chi connectivity index (χ1) is 15.9. The molecule has 0 aliphatic carbocycles. The first kappa shape index (κ1) is 23.3. The van der Waals surface area contributed by atoms with Crippen LogP contribution in [0.3, 0.4) is 0 Å². The van der Waals surface area contributed by atoms with Crippen LogP contribution in [0.2, 0.25) is 0 Å². The minimum Gasteiger partial charge on any atom is -0.496 e. The monoisotopic (exact) mass is 475 g/mol. The molecule has 0 unspecified atom stereocenters. The van der Waals surface area contributed by atoms with E-state index in [1.807, 2.05) is 0 Å². The number of nitrogens with zero attached hydrogens (tertiary/aromatic N) is 3. The summed E-state index contributed by atoms with van der Waals surface area (Å²) in [7, 11) is -2.25. The summed E-state index contributed by atoms with van der Waals surface area (Å²) in [5.74, 6) is 0.0619. The lowest BCUT2D eigenvalue weighted by Crippen LogP contribution is -2.50. The second-order valence-electron chi connectivity index (χ2n) is 8.24. The molecular formula is C23H29N3O6S. The molecule has 2 aliphatic rings. The molecule has 33 heavy (non-hydrogen) atoms. The van der Waals surface area contributed by atoms with Gasteiger partial charge in [-0.05, 0) is 43.2 Å². The molecule has 2 aromatic rings. The van der Waals surface area contributed by atoms with Crippen LogP contribution >= 0.6 is 0 Å². The summed E-state index contributed by atoms with van der Waals surface area (Å²) in [5.41, 5.74) is 0.208. The molecule has 2 fully saturated rings.